The molecule has 1 heterocycles. The lowest BCUT2D eigenvalue weighted by molar-refractivity contribution is 0.555. The number of rotatable bonds is 0. The zero-order valence-electron chi connectivity index (χ0n) is 8.05. The van der Waals surface area contributed by atoms with Gasteiger partial charge >= 0.3 is 0 Å². The summed E-state index contributed by atoms with van der Waals surface area (Å²) in [5, 5.41) is 4.25. The molecule has 0 aromatic carbocycles. The third-order valence-electron chi connectivity index (χ3n) is 1.84. The molecule has 0 fully saturated rings. The number of anilines is 2. The number of nitrogens with two attached hydrogens (primary N) is 2. The van der Waals surface area contributed by atoms with Crippen molar-refractivity contribution in [2.24, 2.45) is 7.05 Å². The van der Waals surface area contributed by atoms with Crippen LogP contribution in [-0.4, -0.2) is 9.78 Å². The van der Waals surface area contributed by atoms with Crippen molar-refractivity contribution >= 4 is 11.5 Å². The Bertz CT molecular complexity index is 293. The highest BCUT2D eigenvalue weighted by Gasteiger charge is 2.22. The van der Waals surface area contributed by atoms with E-state index < -0.39 is 0 Å². The minimum atomic E-state index is -0.0422. The molecule has 0 bridgehead atoms. The summed E-state index contributed by atoms with van der Waals surface area (Å²) >= 11 is 0. The van der Waals surface area contributed by atoms with Crippen molar-refractivity contribution in [3.63, 3.8) is 0 Å². The topological polar surface area (TPSA) is 69.9 Å². The van der Waals surface area contributed by atoms with Crippen molar-refractivity contribution in [1.82, 2.24) is 9.78 Å². The molecular weight excluding hydrogens is 152 g/mol. The maximum atomic E-state index is 5.78. The van der Waals surface area contributed by atoms with E-state index in [1.165, 1.54) is 0 Å². The van der Waals surface area contributed by atoms with Gasteiger partial charge in [-0.1, -0.05) is 20.8 Å². The van der Waals surface area contributed by atoms with Gasteiger partial charge in [-0.2, -0.15) is 5.10 Å². The molecule has 0 atom stereocenters. The minimum absolute atomic E-state index is 0.0422. The van der Waals surface area contributed by atoms with Gasteiger partial charge in [0.25, 0.3) is 0 Å². The lowest BCUT2D eigenvalue weighted by Gasteiger charge is -2.15. The van der Waals surface area contributed by atoms with E-state index in [-0.39, 0.29) is 5.41 Å². The highest BCUT2D eigenvalue weighted by molar-refractivity contribution is 5.63. The van der Waals surface area contributed by atoms with Crippen LogP contribution >= 0.6 is 0 Å². The molecule has 12 heavy (non-hydrogen) atoms. The first-order valence-electron chi connectivity index (χ1n) is 3.92. The van der Waals surface area contributed by atoms with Gasteiger partial charge in [0, 0.05) is 12.5 Å². The summed E-state index contributed by atoms with van der Waals surface area (Å²) in [6, 6.07) is 0. The second kappa shape index (κ2) is 2.40. The fourth-order valence-electron chi connectivity index (χ4n) is 1.11. The first kappa shape index (κ1) is 8.90. The maximum absolute atomic E-state index is 5.78. The summed E-state index contributed by atoms with van der Waals surface area (Å²) in [5.41, 5.74) is 12.9. The van der Waals surface area contributed by atoms with E-state index in [1.807, 2.05) is 0 Å². The van der Waals surface area contributed by atoms with Crippen LogP contribution in [0.1, 0.15) is 26.5 Å². The number of aromatic nitrogens is 2. The molecule has 68 valence electrons. The van der Waals surface area contributed by atoms with Gasteiger partial charge in [0.1, 0.15) is 5.82 Å². The van der Waals surface area contributed by atoms with Crippen molar-refractivity contribution in [2.45, 2.75) is 26.2 Å². The molecule has 0 saturated heterocycles. The third-order valence-corrected chi connectivity index (χ3v) is 1.84. The van der Waals surface area contributed by atoms with Gasteiger partial charge in [-0.05, 0) is 0 Å². The summed E-state index contributed by atoms with van der Waals surface area (Å²) in [6.07, 6.45) is 0. The molecule has 0 spiro atoms. The largest absolute Gasteiger partial charge is 0.394 e. The van der Waals surface area contributed by atoms with E-state index in [0.29, 0.717) is 11.5 Å². The smallest absolute Gasteiger partial charge is 0.145 e. The molecule has 4 N–H and O–H groups in total. The Hall–Kier alpha value is -1.19. The van der Waals surface area contributed by atoms with Crippen LogP contribution in [0, 0.1) is 0 Å². The van der Waals surface area contributed by atoms with Crippen LogP contribution in [0.4, 0.5) is 11.5 Å². The quantitative estimate of drug-likeness (QED) is 0.604. The molecule has 0 aliphatic rings. The Morgan fingerprint density at radius 1 is 1.25 bits per heavy atom. The van der Waals surface area contributed by atoms with Crippen molar-refractivity contribution in [3.8, 4) is 0 Å². The zero-order valence-corrected chi connectivity index (χ0v) is 8.05. The number of nitrogen functional groups attached to an aromatic ring is 2. The zero-order chi connectivity index (χ0) is 9.52. The van der Waals surface area contributed by atoms with Gasteiger partial charge < -0.3 is 11.5 Å². The number of aryl methyl sites for hydroxylation is 1. The van der Waals surface area contributed by atoms with Gasteiger partial charge in [0.15, 0.2) is 0 Å². The highest BCUT2D eigenvalue weighted by atomic mass is 15.3. The van der Waals surface area contributed by atoms with E-state index in [4.69, 9.17) is 11.5 Å². The maximum Gasteiger partial charge on any atom is 0.145 e. The Kier molecular flexibility index (Phi) is 1.78. The Labute approximate surface area is 72.5 Å². The Balaban J connectivity index is 3.28. The Morgan fingerprint density at radius 3 is 1.92 bits per heavy atom. The van der Waals surface area contributed by atoms with Crippen molar-refractivity contribution < 1.29 is 0 Å². The van der Waals surface area contributed by atoms with Gasteiger partial charge in [0.05, 0.1) is 11.4 Å². The molecule has 0 unspecified atom stereocenters. The van der Waals surface area contributed by atoms with Crippen LogP contribution in [-0.2, 0) is 12.5 Å². The van der Waals surface area contributed by atoms with Crippen LogP contribution < -0.4 is 11.5 Å². The van der Waals surface area contributed by atoms with E-state index in [0.717, 1.165) is 5.69 Å². The predicted molar refractivity (Wildman–Crippen MR) is 50.7 cm³/mol. The molecule has 1 aromatic heterocycles. The number of hydrogen-bond donors (Lipinski definition) is 2. The van der Waals surface area contributed by atoms with Gasteiger partial charge in [-0.25, -0.2) is 0 Å². The van der Waals surface area contributed by atoms with Crippen LogP contribution in [0.5, 0.6) is 0 Å². The summed E-state index contributed by atoms with van der Waals surface area (Å²) in [6.45, 7) is 6.18. The second-order valence-electron chi connectivity index (χ2n) is 4.02. The molecule has 4 heteroatoms. The molecule has 1 aromatic rings. The van der Waals surface area contributed by atoms with Crippen molar-refractivity contribution in [2.75, 3.05) is 11.5 Å². The third kappa shape index (κ3) is 1.24. The highest BCUT2D eigenvalue weighted by Crippen LogP contribution is 2.29. The summed E-state index contributed by atoms with van der Waals surface area (Å²) in [4.78, 5) is 0. The first-order chi connectivity index (χ1) is 5.34. The van der Waals surface area contributed by atoms with E-state index in [2.05, 4.69) is 25.9 Å². The first-order valence-corrected chi connectivity index (χ1v) is 3.92. The molecule has 0 amide bonds. The molecule has 0 aliphatic carbocycles. The summed E-state index contributed by atoms with van der Waals surface area (Å²) < 4.78 is 1.61. The average molecular weight is 168 g/mol. The van der Waals surface area contributed by atoms with Crippen LogP contribution in [0.15, 0.2) is 0 Å². The van der Waals surface area contributed by atoms with Crippen molar-refractivity contribution in [3.05, 3.63) is 5.69 Å². The fraction of sp³-hybridized carbons (Fsp3) is 0.625. The summed E-state index contributed by atoms with van der Waals surface area (Å²) in [7, 11) is 1.79. The molecule has 0 radical (unpaired) electrons. The lowest BCUT2D eigenvalue weighted by Crippen LogP contribution is -2.14. The fourth-order valence-corrected chi connectivity index (χ4v) is 1.11. The number of hydrogen-bond acceptors (Lipinski definition) is 3. The van der Waals surface area contributed by atoms with E-state index in [9.17, 15) is 0 Å². The van der Waals surface area contributed by atoms with Crippen molar-refractivity contribution in [1.29, 1.82) is 0 Å². The monoisotopic (exact) mass is 168 g/mol. The van der Waals surface area contributed by atoms with Gasteiger partial charge in [-0.15, -0.1) is 0 Å². The normalized spacial score (nSPS) is 12.0. The van der Waals surface area contributed by atoms with Crippen LogP contribution in [0.25, 0.3) is 0 Å². The van der Waals surface area contributed by atoms with E-state index in [1.54, 1.807) is 11.7 Å². The standard InChI is InChI=1S/C8H16N4/c1-8(2,3)6-5(9)7(10)12(4)11-6/h9-10H2,1-4H3. The van der Waals surface area contributed by atoms with Crippen LogP contribution in [0.2, 0.25) is 0 Å². The molecule has 1 rings (SSSR count). The van der Waals surface area contributed by atoms with Gasteiger partial charge in [0.2, 0.25) is 0 Å². The Morgan fingerprint density at radius 2 is 1.75 bits per heavy atom. The minimum Gasteiger partial charge on any atom is -0.394 e. The molecular formula is C8H16N4. The summed E-state index contributed by atoms with van der Waals surface area (Å²) in [5.74, 6) is 0.542. The van der Waals surface area contributed by atoms with Gasteiger partial charge in [-0.3, -0.25) is 4.68 Å². The molecule has 4 nitrogen and oxygen atoms in total. The molecule has 0 saturated carbocycles. The second-order valence-corrected chi connectivity index (χ2v) is 4.02. The van der Waals surface area contributed by atoms with E-state index >= 15 is 0 Å². The predicted octanol–water partition coefficient (Wildman–Crippen LogP) is 0.882. The average Bonchev–Trinajstić information content (AvgIpc) is 2.15. The lowest BCUT2D eigenvalue weighted by atomic mass is 9.91. The molecule has 0 aliphatic heterocycles. The van der Waals surface area contributed by atoms with Crippen LogP contribution in [0.3, 0.4) is 0 Å². The SMILES string of the molecule is Cn1nc(C(C)(C)C)c(N)c1N. The number of nitrogens with zero attached hydrogens (tertiary/aromatic N) is 2.